The van der Waals surface area contributed by atoms with Crippen molar-refractivity contribution in [1.82, 2.24) is 0 Å². The number of rotatable bonds is 4. The second-order valence-electron chi connectivity index (χ2n) is 5.49. The molecule has 3 aromatic rings. The van der Waals surface area contributed by atoms with Crippen molar-refractivity contribution >= 4 is 45.4 Å². The number of hydrogen-bond donors (Lipinski definition) is 4. The topological polar surface area (TPSA) is 149 Å². The predicted molar refractivity (Wildman–Crippen MR) is 89.3 cm³/mol. The van der Waals surface area contributed by atoms with Crippen LogP contribution in [0, 0.1) is 0 Å². The lowest BCUT2D eigenvalue weighted by atomic mass is 9.92. The number of carboxylic acids is 4. The largest absolute Gasteiger partial charge is 0.478 e. The third-order valence-electron chi connectivity index (χ3n) is 4.05. The van der Waals surface area contributed by atoms with Crippen LogP contribution in [0.2, 0.25) is 0 Å². The van der Waals surface area contributed by atoms with Crippen molar-refractivity contribution in [3.8, 4) is 0 Å². The Morgan fingerprint density at radius 1 is 0.538 bits per heavy atom. The van der Waals surface area contributed by atoms with Gasteiger partial charge in [0.1, 0.15) is 0 Å². The van der Waals surface area contributed by atoms with Gasteiger partial charge in [0.15, 0.2) is 0 Å². The molecule has 0 bridgehead atoms. The van der Waals surface area contributed by atoms with Crippen LogP contribution < -0.4 is 0 Å². The summed E-state index contributed by atoms with van der Waals surface area (Å²) in [6.45, 7) is 0. The van der Waals surface area contributed by atoms with Gasteiger partial charge >= 0.3 is 23.9 Å². The monoisotopic (exact) mass is 354 g/mol. The fourth-order valence-corrected chi connectivity index (χ4v) is 2.96. The van der Waals surface area contributed by atoms with E-state index in [1.165, 1.54) is 24.3 Å². The molecule has 0 saturated heterocycles. The van der Waals surface area contributed by atoms with Gasteiger partial charge in [-0.1, -0.05) is 18.2 Å². The van der Waals surface area contributed by atoms with Gasteiger partial charge in [0.05, 0.1) is 22.3 Å². The minimum Gasteiger partial charge on any atom is -0.478 e. The van der Waals surface area contributed by atoms with Crippen LogP contribution in [0.15, 0.2) is 36.4 Å². The molecule has 0 spiro atoms. The summed E-state index contributed by atoms with van der Waals surface area (Å²) in [6, 6.07) is 7.35. The molecule has 0 aliphatic carbocycles. The van der Waals surface area contributed by atoms with Gasteiger partial charge in [-0.3, -0.25) is 0 Å². The minimum absolute atomic E-state index is 0.0729. The quantitative estimate of drug-likeness (QED) is 0.522. The molecule has 0 heterocycles. The summed E-state index contributed by atoms with van der Waals surface area (Å²) in [4.78, 5) is 45.7. The molecule has 0 amide bonds. The summed E-state index contributed by atoms with van der Waals surface area (Å²) < 4.78 is 0. The fourth-order valence-electron chi connectivity index (χ4n) is 2.96. The minimum atomic E-state index is -1.46. The third kappa shape index (κ3) is 2.49. The van der Waals surface area contributed by atoms with Gasteiger partial charge in [0, 0.05) is 0 Å². The molecule has 8 nitrogen and oxygen atoms in total. The predicted octanol–water partition coefficient (Wildman–Crippen LogP) is 2.79. The lowest BCUT2D eigenvalue weighted by molar-refractivity contribution is 0.0653. The second kappa shape index (κ2) is 5.85. The van der Waals surface area contributed by atoms with Gasteiger partial charge in [-0.2, -0.15) is 0 Å². The van der Waals surface area contributed by atoms with Crippen LogP contribution >= 0.6 is 0 Å². The third-order valence-corrected chi connectivity index (χ3v) is 4.05. The fraction of sp³-hybridized carbons (Fsp3) is 0. The van der Waals surface area contributed by atoms with E-state index in [1.54, 1.807) is 0 Å². The first kappa shape index (κ1) is 16.9. The van der Waals surface area contributed by atoms with Crippen molar-refractivity contribution in [3.05, 3.63) is 58.7 Å². The molecule has 0 saturated carbocycles. The van der Waals surface area contributed by atoms with E-state index in [1.807, 2.05) is 0 Å². The van der Waals surface area contributed by atoms with E-state index in [0.717, 1.165) is 12.1 Å². The highest BCUT2D eigenvalue weighted by molar-refractivity contribution is 6.21. The summed E-state index contributed by atoms with van der Waals surface area (Å²) in [5.74, 6) is -5.56. The van der Waals surface area contributed by atoms with Crippen LogP contribution in [0.25, 0.3) is 21.5 Å². The van der Waals surface area contributed by atoms with E-state index in [0.29, 0.717) is 0 Å². The molecule has 26 heavy (non-hydrogen) atoms. The number of fused-ring (bicyclic) bond motifs is 3. The molecule has 3 rings (SSSR count). The first-order valence-electron chi connectivity index (χ1n) is 7.19. The lowest BCUT2D eigenvalue weighted by Gasteiger charge is -2.11. The average Bonchev–Trinajstić information content (AvgIpc) is 2.58. The van der Waals surface area contributed by atoms with Gasteiger partial charge < -0.3 is 20.4 Å². The number of benzene rings is 3. The summed E-state index contributed by atoms with van der Waals surface area (Å²) in [5.41, 5.74) is -1.39. The Balaban J connectivity index is 2.56. The Kier molecular flexibility index (Phi) is 3.80. The van der Waals surface area contributed by atoms with Crippen molar-refractivity contribution < 1.29 is 39.6 Å². The summed E-state index contributed by atoms with van der Waals surface area (Å²) in [6.07, 6.45) is 0. The maximum Gasteiger partial charge on any atom is 0.337 e. The number of aromatic carboxylic acids is 4. The van der Waals surface area contributed by atoms with Crippen molar-refractivity contribution in [3.63, 3.8) is 0 Å². The first-order chi connectivity index (χ1) is 12.2. The molecule has 0 aliphatic heterocycles. The normalized spacial score (nSPS) is 10.8. The maximum absolute atomic E-state index is 11.6. The molecule has 8 heteroatoms. The summed E-state index contributed by atoms with van der Waals surface area (Å²) >= 11 is 0. The number of hydrogen-bond acceptors (Lipinski definition) is 4. The average molecular weight is 354 g/mol. The molecule has 130 valence electrons. The standard InChI is InChI=1S/C18H10O8/c19-15(20)7-5-12-8-2-4-11(16(21)22)14(18(25)26)10(8)3-1-9(12)13(6-7)17(23)24/h1-6H,(H,19,20)(H,21,22)(H,23,24)(H,25,26). The molecular weight excluding hydrogens is 344 g/mol. The molecule has 0 aromatic heterocycles. The Bertz CT molecular complexity index is 1140. The van der Waals surface area contributed by atoms with E-state index in [9.17, 15) is 39.6 Å². The highest BCUT2D eigenvalue weighted by atomic mass is 16.4. The van der Waals surface area contributed by atoms with Crippen molar-refractivity contribution in [1.29, 1.82) is 0 Å². The highest BCUT2D eigenvalue weighted by Gasteiger charge is 2.22. The van der Waals surface area contributed by atoms with Crippen molar-refractivity contribution in [2.24, 2.45) is 0 Å². The van der Waals surface area contributed by atoms with E-state index in [2.05, 4.69) is 0 Å². The molecule has 0 fully saturated rings. The van der Waals surface area contributed by atoms with Gasteiger partial charge in [-0.25, -0.2) is 19.2 Å². The maximum atomic E-state index is 11.6. The highest BCUT2D eigenvalue weighted by Crippen LogP contribution is 2.32. The molecule has 3 aromatic carbocycles. The van der Waals surface area contributed by atoms with Gasteiger partial charge in [0.25, 0.3) is 0 Å². The zero-order chi connectivity index (χ0) is 19.2. The van der Waals surface area contributed by atoms with Crippen LogP contribution in [-0.4, -0.2) is 44.3 Å². The van der Waals surface area contributed by atoms with Crippen LogP contribution in [0.5, 0.6) is 0 Å². The van der Waals surface area contributed by atoms with Gasteiger partial charge in [-0.05, 0) is 39.7 Å². The van der Waals surface area contributed by atoms with Crippen LogP contribution in [0.4, 0.5) is 0 Å². The number of carboxylic acid groups (broad SMARTS) is 4. The van der Waals surface area contributed by atoms with Crippen LogP contribution in [0.1, 0.15) is 41.4 Å². The second-order valence-corrected chi connectivity index (χ2v) is 5.49. The van der Waals surface area contributed by atoms with Crippen LogP contribution in [-0.2, 0) is 0 Å². The summed E-state index contributed by atoms with van der Waals surface area (Å²) in [7, 11) is 0. The number of carbonyl (C=O) groups is 4. The van der Waals surface area contributed by atoms with E-state index in [-0.39, 0.29) is 32.7 Å². The first-order valence-corrected chi connectivity index (χ1v) is 7.19. The molecule has 0 unspecified atom stereocenters. The molecule has 0 radical (unpaired) electrons. The Morgan fingerprint density at radius 3 is 1.65 bits per heavy atom. The smallest absolute Gasteiger partial charge is 0.337 e. The van der Waals surface area contributed by atoms with Gasteiger partial charge in [-0.15, -0.1) is 0 Å². The van der Waals surface area contributed by atoms with Crippen LogP contribution in [0.3, 0.4) is 0 Å². The SMILES string of the molecule is O=C(O)c1cc(C(=O)O)c2ccc3c(C(=O)O)c(C(=O)O)ccc3c2c1. The van der Waals surface area contributed by atoms with Crippen molar-refractivity contribution in [2.45, 2.75) is 0 Å². The lowest BCUT2D eigenvalue weighted by Crippen LogP contribution is -2.09. The molecule has 0 aliphatic rings. The van der Waals surface area contributed by atoms with E-state index in [4.69, 9.17) is 0 Å². The summed E-state index contributed by atoms with van der Waals surface area (Å²) in [5, 5.41) is 37.9. The molecule has 4 N–H and O–H groups in total. The van der Waals surface area contributed by atoms with E-state index >= 15 is 0 Å². The molecular formula is C18H10O8. The van der Waals surface area contributed by atoms with E-state index < -0.39 is 35.0 Å². The van der Waals surface area contributed by atoms with Gasteiger partial charge in [0.2, 0.25) is 0 Å². The Labute approximate surface area is 144 Å². The molecule has 0 atom stereocenters. The Hall–Kier alpha value is -3.94. The Morgan fingerprint density at radius 2 is 1.12 bits per heavy atom. The van der Waals surface area contributed by atoms with Crippen molar-refractivity contribution in [2.75, 3.05) is 0 Å². The zero-order valence-electron chi connectivity index (χ0n) is 12.9. The zero-order valence-corrected chi connectivity index (χ0v) is 12.9.